The number of nitrogens with zero attached hydrogens (tertiary/aromatic N) is 2. The lowest BCUT2D eigenvalue weighted by atomic mass is 9.96. The molecule has 0 spiro atoms. The maximum Gasteiger partial charge on any atom is 0.262 e. The monoisotopic (exact) mass is 370 g/mol. The van der Waals surface area contributed by atoms with Crippen molar-refractivity contribution >= 4 is 29.3 Å². The predicted molar refractivity (Wildman–Crippen MR) is 97.1 cm³/mol. The second kappa shape index (κ2) is 6.77. The molecule has 1 atom stereocenters. The van der Waals surface area contributed by atoms with Crippen LogP contribution in [0.1, 0.15) is 46.4 Å². The zero-order chi connectivity index (χ0) is 19.1. The van der Waals surface area contributed by atoms with E-state index in [1.165, 1.54) is 0 Å². The minimum atomic E-state index is -0.932. The minimum absolute atomic E-state index is 0.116. The van der Waals surface area contributed by atoms with E-state index >= 15 is 0 Å². The molecule has 0 aliphatic carbocycles. The average molecular weight is 370 g/mol. The highest BCUT2D eigenvalue weighted by Gasteiger charge is 2.44. The summed E-state index contributed by atoms with van der Waals surface area (Å²) in [6.45, 7) is 2.41. The summed E-state index contributed by atoms with van der Waals surface area (Å²) in [7, 11) is 0. The third kappa shape index (κ3) is 2.99. The Morgan fingerprint density at radius 2 is 1.70 bits per heavy atom. The van der Waals surface area contributed by atoms with Crippen LogP contribution in [0.2, 0.25) is 0 Å². The van der Waals surface area contributed by atoms with Crippen molar-refractivity contribution in [2.75, 3.05) is 24.5 Å². The molecule has 0 saturated carbocycles. The Bertz CT molecular complexity index is 829. The molecule has 142 valence electrons. The number of imide groups is 2. The summed E-state index contributed by atoms with van der Waals surface area (Å²) in [5.74, 6) is -1.39. The van der Waals surface area contributed by atoms with Gasteiger partial charge in [-0.1, -0.05) is 0 Å². The van der Waals surface area contributed by atoms with E-state index in [-0.39, 0.29) is 18.7 Å². The SMILES string of the molecule is NCC1CCN(c2ccc3c(c2)C(=O)N(C2CCC(=O)NC2=O)C3=O)CC1. The zero-order valence-corrected chi connectivity index (χ0v) is 14.9. The smallest absolute Gasteiger partial charge is 0.262 e. The van der Waals surface area contributed by atoms with Crippen LogP contribution in [-0.2, 0) is 9.59 Å². The summed E-state index contributed by atoms with van der Waals surface area (Å²) in [4.78, 5) is 52.2. The Balaban J connectivity index is 1.57. The van der Waals surface area contributed by atoms with Gasteiger partial charge >= 0.3 is 0 Å². The third-order valence-electron chi connectivity index (χ3n) is 5.74. The van der Waals surface area contributed by atoms with Gasteiger partial charge in [0.1, 0.15) is 6.04 Å². The highest BCUT2D eigenvalue weighted by Crippen LogP contribution is 2.32. The van der Waals surface area contributed by atoms with Gasteiger partial charge in [-0.15, -0.1) is 0 Å². The highest BCUT2D eigenvalue weighted by molar-refractivity contribution is 6.23. The fraction of sp³-hybridized carbons (Fsp3) is 0.474. The van der Waals surface area contributed by atoms with Gasteiger partial charge in [-0.3, -0.25) is 29.4 Å². The van der Waals surface area contributed by atoms with Gasteiger partial charge in [-0.2, -0.15) is 0 Å². The number of anilines is 1. The van der Waals surface area contributed by atoms with Crippen molar-refractivity contribution in [1.29, 1.82) is 0 Å². The van der Waals surface area contributed by atoms with Crippen LogP contribution in [0.25, 0.3) is 0 Å². The summed E-state index contributed by atoms with van der Waals surface area (Å²) in [6.07, 6.45) is 2.28. The van der Waals surface area contributed by atoms with E-state index in [0.717, 1.165) is 36.5 Å². The molecule has 3 aliphatic heterocycles. The average Bonchev–Trinajstić information content (AvgIpc) is 2.92. The van der Waals surface area contributed by atoms with Crippen LogP contribution in [0, 0.1) is 5.92 Å². The van der Waals surface area contributed by atoms with E-state index in [2.05, 4.69) is 10.2 Å². The largest absolute Gasteiger partial charge is 0.371 e. The lowest BCUT2D eigenvalue weighted by molar-refractivity contribution is -0.136. The van der Waals surface area contributed by atoms with E-state index in [1.54, 1.807) is 12.1 Å². The molecule has 2 fully saturated rings. The standard InChI is InChI=1S/C19H22N4O4/c20-10-11-5-7-22(8-6-11)12-1-2-13-14(9-12)19(27)23(18(13)26)15-3-4-16(24)21-17(15)25/h1-2,9,11,15H,3-8,10,20H2,(H,21,24,25). The van der Waals surface area contributed by atoms with E-state index in [4.69, 9.17) is 5.73 Å². The van der Waals surface area contributed by atoms with Gasteiger partial charge in [0.25, 0.3) is 11.8 Å². The van der Waals surface area contributed by atoms with Gasteiger partial charge in [0.15, 0.2) is 0 Å². The molecule has 8 nitrogen and oxygen atoms in total. The molecule has 3 aliphatic rings. The number of fused-ring (bicyclic) bond motifs is 1. The molecule has 0 aromatic heterocycles. The lowest BCUT2D eigenvalue weighted by Gasteiger charge is -2.33. The molecular formula is C19H22N4O4. The first kappa shape index (κ1) is 17.7. The minimum Gasteiger partial charge on any atom is -0.371 e. The number of carbonyl (C=O) groups is 4. The molecule has 4 rings (SSSR count). The van der Waals surface area contributed by atoms with Crippen molar-refractivity contribution in [3.8, 4) is 0 Å². The Hall–Kier alpha value is -2.74. The maximum atomic E-state index is 12.9. The van der Waals surface area contributed by atoms with Crippen molar-refractivity contribution in [1.82, 2.24) is 10.2 Å². The van der Waals surface area contributed by atoms with E-state index < -0.39 is 23.8 Å². The molecule has 0 bridgehead atoms. The number of nitrogens with two attached hydrogens (primary N) is 1. The maximum absolute atomic E-state index is 12.9. The summed E-state index contributed by atoms with van der Waals surface area (Å²) >= 11 is 0. The number of amides is 4. The van der Waals surface area contributed by atoms with Crippen LogP contribution >= 0.6 is 0 Å². The molecule has 3 N–H and O–H groups in total. The van der Waals surface area contributed by atoms with E-state index in [9.17, 15) is 19.2 Å². The van der Waals surface area contributed by atoms with Crippen molar-refractivity contribution in [2.24, 2.45) is 11.7 Å². The second-order valence-electron chi connectivity index (χ2n) is 7.34. The molecule has 1 aromatic rings. The summed E-state index contributed by atoms with van der Waals surface area (Å²) < 4.78 is 0. The molecule has 1 unspecified atom stereocenters. The second-order valence-corrected chi connectivity index (χ2v) is 7.34. The Labute approximate surface area is 156 Å². The van der Waals surface area contributed by atoms with Crippen LogP contribution < -0.4 is 16.0 Å². The van der Waals surface area contributed by atoms with Gasteiger partial charge in [0.2, 0.25) is 11.8 Å². The number of nitrogens with one attached hydrogen (secondary N) is 1. The number of piperidine rings is 2. The topological polar surface area (TPSA) is 113 Å². The van der Waals surface area contributed by atoms with Crippen molar-refractivity contribution in [3.05, 3.63) is 29.3 Å². The first-order valence-electron chi connectivity index (χ1n) is 9.30. The van der Waals surface area contributed by atoms with Crippen molar-refractivity contribution < 1.29 is 19.2 Å². The lowest BCUT2D eigenvalue weighted by Crippen LogP contribution is -2.54. The van der Waals surface area contributed by atoms with Crippen LogP contribution in [0.15, 0.2) is 18.2 Å². The predicted octanol–water partition coefficient (Wildman–Crippen LogP) is 0.263. The summed E-state index contributed by atoms with van der Waals surface area (Å²) in [5, 5.41) is 2.20. The first-order chi connectivity index (χ1) is 13.0. The number of carbonyl (C=O) groups excluding carboxylic acids is 4. The molecule has 2 saturated heterocycles. The van der Waals surface area contributed by atoms with Crippen molar-refractivity contribution in [2.45, 2.75) is 31.7 Å². The van der Waals surface area contributed by atoms with E-state index in [0.29, 0.717) is 23.6 Å². The molecule has 1 aromatic carbocycles. The van der Waals surface area contributed by atoms with Gasteiger partial charge in [0.05, 0.1) is 11.1 Å². The summed E-state index contributed by atoms with van der Waals surface area (Å²) in [6, 6.07) is 4.32. The zero-order valence-electron chi connectivity index (χ0n) is 14.9. The Morgan fingerprint density at radius 1 is 1.00 bits per heavy atom. The van der Waals surface area contributed by atoms with Crippen LogP contribution in [0.3, 0.4) is 0 Å². The normalized spacial score (nSPS) is 23.7. The first-order valence-corrected chi connectivity index (χ1v) is 9.30. The molecule has 0 radical (unpaired) electrons. The molecule has 4 amide bonds. The fourth-order valence-electron chi connectivity index (χ4n) is 4.08. The Morgan fingerprint density at radius 3 is 2.37 bits per heavy atom. The van der Waals surface area contributed by atoms with Gasteiger partial charge in [0, 0.05) is 25.2 Å². The van der Waals surface area contributed by atoms with E-state index in [1.807, 2.05) is 6.07 Å². The number of hydrogen-bond acceptors (Lipinski definition) is 6. The van der Waals surface area contributed by atoms with Gasteiger partial charge in [-0.05, 0) is 49.9 Å². The Kier molecular flexibility index (Phi) is 4.43. The van der Waals surface area contributed by atoms with Gasteiger partial charge in [-0.25, -0.2) is 0 Å². The highest BCUT2D eigenvalue weighted by atomic mass is 16.2. The number of rotatable bonds is 3. The van der Waals surface area contributed by atoms with Crippen LogP contribution in [0.4, 0.5) is 5.69 Å². The summed E-state index contributed by atoms with van der Waals surface area (Å²) in [5.41, 5.74) is 7.27. The van der Waals surface area contributed by atoms with Crippen LogP contribution in [-0.4, -0.2) is 54.2 Å². The quantitative estimate of drug-likeness (QED) is 0.738. The van der Waals surface area contributed by atoms with Gasteiger partial charge < -0.3 is 10.6 Å². The molecule has 8 heteroatoms. The number of hydrogen-bond donors (Lipinski definition) is 2. The molecule has 27 heavy (non-hydrogen) atoms. The molecular weight excluding hydrogens is 348 g/mol. The number of benzene rings is 1. The molecule has 3 heterocycles. The van der Waals surface area contributed by atoms with Crippen molar-refractivity contribution in [3.63, 3.8) is 0 Å². The fourth-order valence-corrected chi connectivity index (χ4v) is 4.08. The van der Waals surface area contributed by atoms with Crippen LogP contribution in [0.5, 0.6) is 0 Å². The third-order valence-corrected chi connectivity index (χ3v) is 5.74.